The number of carbonyl (C=O) groups excluding carboxylic acids is 1. The third-order valence-electron chi connectivity index (χ3n) is 5.60. The zero-order valence-corrected chi connectivity index (χ0v) is 15.4. The molecule has 0 aromatic heterocycles. The highest BCUT2D eigenvalue weighted by molar-refractivity contribution is 5.85. The number of carboxylic acid groups (broad SMARTS) is 1. The zero-order valence-electron chi connectivity index (χ0n) is 15.4. The van der Waals surface area contributed by atoms with Crippen molar-refractivity contribution in [2.24, 2.45) is 5.92 Å². The number of amides is 1. The molecule has 0 spiro atoms. The number of likely N-dealkylation sites (tertiary alicyclic amines) is 1. The lowest BCUT2D eigenvalue weighted by Crippen LogP contribution is -2.44. The van der Waals surface area contributed by atoms with Crippen molar-refractivity contribution in [1.29, 1.82) is 0 Å². The van der Waals surface area contributed by atoms with Crippen LogP contribution in [-0.4, -0.2) is 60.1 Å². The summed E-state index contributed by atoms with van der Waals surface area (Å²) in [7, 11) is 3.41. The van der Waals surface area contributed by atoms with Crippen molar-refractivity contribution in [2.75, 3.05) is 27.2 Å². The van der Waals surface area contributed by atoms with Gasteiger partial charge in [-0.1, -0.05) is 0 Å². The number of ether oxygens (including phenoxy) is 1. The van der Waals surface area contributed by atoms with Gasteiger partial charge in [-0.05, 0) is 57.1 Å². The van der Waals surface area contributed by atoms with E-state index < -0.39 is 17.8 Å². The maximum absolute atomic E-state index is 14.4. The lowest BCUT2D eigenvalue weighted by molar-refractivity contribution is -0.137. The Hall–Kier alpha value is -2.15. The molecule has 1 atom stereocenters. The van der Waals surface area contributed by atoms with Crippen molar-refractivity contribution < 1.29 is 23.8 Å². The van der Waals surface area contributed by atoms with E-state index in [1.807, 2.05) is 7.05 Å². The fourth-order valence-electron chi connectivity index (χ4n) is 4.12. The molecule has 1 unspecified atom stereocenters. The Kier molecular flexibility index (Phi) is 5.18. The number of nitrogens with zero attached hydrogens (tertiary/aromatic N) is 2. The molecule has 2 heterocycles. The highest BCUT2D eigenvalue weighted by atomic mass is 19.1. The Morgan fingerprint density at radius 1 is 1.35 bits per heavy atom. The Labute approximate surface area is 152 Å². The predicted molar refractivity (Wildman–Crippen MR) is 93.7 cm³/mol. The zero-order chi connectivity index (χ0) is 19.0. The van der Waals surface area contributed by atoms with Gasteiger partial charge in [-0.2, -0.15) is 0 Å². The van der Waals surface area contributed by atoms with Crippen LogP contribution < -0.4 is 0 Å². The maximum atomic E-state index is 14.4. The quantitative estimate of drug-likeness (QED) is 0.830. The van der Waals surface area contributed by atoms with Gasteiger partial charge in [0.1, 0.15) is 5.83 Å². The minimum atomic E-state index is -0.971. The Balaban J connectivity index is 1.94. The SMILES string of the molecule is COC1=C(F)CC2C(=C1)C(CC(=O)O)=C(C)N2C(=O)C1CCN(C)CC1. The molecule has 142 valence electrons. The number of allylic oxidation sites excluding steroid dienone is 2. The number of rotatable bonds is 4. The van der Waals surface area contributed by atoms with Crippen LogP contribution in [0.5, 0.6) is 0 Å². The van der Waals surface area contributed by atoms with Gasteiger partial charge in [0.15, 0.2) is 5.76 Å². The number of aliphatic carboxylic acids is 1. The van der Waals surface area contributed by atoms with Crippen LogP contribution in [0.1, 0.15) is 32.6 Å². The van der Waals surface area contributed by atoms with Crippen molar-refractivity contribution >= 4 is 11.9 Å². The predicted octanol–water partition coefficient (Wildman–Crippen LogP) is 2.45. The van der Waals surface area contributed by atoms with E-state index in [1.54, 1.807) is 17.9 Å². The van der Waals surface area contributed by atoms with E-state index >= 15 is 0 Å². The van der Waals surface area contributed by atoms with Gasteiger partial charge in [-0.3, -0.25) is 9.59 Å². The first kappa shape index (κ1) is 18.6. The molecule has 0 saturated carbocycles. The molecular weight excluding hydrogens is 339 g/mol. The molecule has 0 bridgehead atoms. The van der Waals surface area contributed by atoms with E-state index in [0.29, 0.717) is 16.8 Å². The second-order valence-electron chi connectivity index (χ2n) is 7.21. The molecule has 2 aliphatic heterocycles. The molecule has 0 radical (unpaired) electrons. The lowest BCUT2D eigenvalue weighted by Gasteiger charge is -2.35. The summed E-state index contributed by atoms with van der Waals surface area (Å²) in [5, 5.41) is 9.27. The van der Waals surface area contributed by atoms with Crippen LogP contribution in [0.2, 0.25) is 0 Å². The molecule has 1 aliphatic carbocycles. The number of halogens is 1. The van der Waals surface area contributed by atoms with Gasteiger partial charge in [0.25, 0.3) is 0 Å². The van der Waals surface area contributed by atoms with Crippen LogP contribution in [0.3, 0.4) is 0 Å². The van der Waals surface area contributed by atoms with Gasteiger partial charge in [0.2, 0.25) is 5.91 Å². The number of methoxy groups -OCH3 is 1. The molecule has 6 nitrogen and oxygen atoms in total. The third-order valence-corrected chi connectivity index (χ3v) is 5.60. The van der Waals surface area contributed by atoms with Crippen molar-refractivity contribution in [3.8, 4) is 0 Å². The molecule has 3 aliphatic rings. The Bertz CT molecular complexity index is 717. The largest absolute Gasteiger partial charge is 0.494 e. The van der Waals surface area contributed by atoms with Crippen LogP contribution >= 0.6 is 0 Å². The fraction of sp³-hybridized carbons (Fsp3) is 0.579. The average Bonchev–Trinajstić information content (AvgIpc) is 2.85. The van der Waals surface area contributed by atoms with Gasteiger partial charge >= 0.3 is 5.97 Å². The number of fused-ring (bicyclic) bond motifs is 1. The Morgan fingerprint density at radius 2 is 2.00 bits per heavy atom. The molecule has 1 saturated heterocycles. The number of piperidine rings is 1. The molecule has 1 N–H and O–H groups in total. The summed E-state index contributed by atoms with van der Waals surface area (Å²) < 4.78 is 19.4. The standard InChI is InChI=1S/C19H25FN2O4/c1-11-13(9-18(23)24)14-8-17(26-3)15(20)10-16(14)22(11)19(25)12-4-6-21(2)7-5-12/h8,12,16H,4-7,9-10H2,1-3H3,(H,23,24). The van der Waals surface area contributed by atoms with Gasteiger partial charge in [-0.25, -0.2) is 4.39 Å². The van der Waals surface area contributed by atoms with E-state index in [4.69, 9.17) is 4.74 Å². The van der Waals surface area contributed by atoms with Crippen molar-refractivity contribution in [3.05, 3.63) is 34.5 Å². The number of hydrogen-bond donors (Lipinski definition) is 1. The second-order valence-corrected chi connectivity index (χ2v) is 7.21. The van der Waals surface area contributed by atoms with Gasteiger partial charge in [0.05, 0.1) is 19.6 Å². The normalized spacial score (nSPS) is 24.7. The van der Waals surface area contributed by atoms with Crippen LogP contribution in [0.25, 0.3) is 0 Å². The van der Waals surface area contributed by atoms with Crippen LogP contribution in [0, 0.1) is 5.92 Å². The van der Waals surface area contributed by atoms with Gasteiger partial charge in [0, 0.05) is 18.0 Å². The summed E-state index contributed by atoms with van der Waals surface area (Å²) in [6.07, 6.45) is 2.91. The first-order chi connectivity index (χ1) is 12.3. The third kappa shape index (κ3) is 3.28. The van der Waals surface area contributed by atoms with E-state index in [9.17, 15) is 19.1 Å². The summed E-state index contributed by atoms with van der Waals surface area (Å²) in [5.41, 5.74) is 1.90. The molecule has 1 amide bonds. The molecule has 3 rings (SSSR count). The highest BCUT2D eigenvalue weighted by Gasteiger charge is 2.43. The van der Waals surface area contributed by atoms with Crippen molar-refractivity contribution in [1.82, 2.24) is 9.80 Å². The van der Waals surface area contributed by atoms with E-state index in [-0.39, 0.29) is 30.4 Å². The minimum absolute atomic E-state index is 0.0217. The van der Waals surface area contributed by atoms with Gasteiger partial charge < -0.3 is 19.6 Å². The first-order valence-electron chi connectivity index (χ1n) is 8.91. The summed E-state index contributed by atoms with van der Waals surface area (Å²) in [6, 6.07) is -0.476. The summed E-state index contributed by atoms with van der Waals surface area (Å²) >= 11 is 0. The molecule has 0 aromatic carbocycles. The van der Waals surface area contributed by atoms with Crippen LogP contribution in [-0.2, 0) is 14.3 Å². The van der Waals surface area contributed by atoms with Gasteiger partial charge in [-0.15, -0.1) is 0 Å². The number of carboxylic acids is 1. The van der Waals surface area contributed by atoms with Crippen molar-refractivity contribution in [2.45, 2.75) is 38.6 Å². The topological polar surface area (TPSA) is 70.1 Å². The van der Waals surface area contributed by atoms with Crippen LogP contribution in [0.4, 0.5) is 4.39 Å². The monoisotopic (exact) mass is 364 g/mol. The Morgan fingerprint density at radius 3 is 2.58 bits per heavy atom. The fourth-order valence-corrected chi connectivity index (χ4v) is 4.12. The highest BCUT2D eigenvalue weighted by Crippen LogP contribution is 2.43. The molecule has 0 aromatic rings. The summed E-state index contributed by atoms with van der Waals surface area (Å²) in [4.78, 5) is 28.3. The lowest BCUT2D eigenvalue weighted by atomic mass is 9.91. The second kappa shape index (κ2) is 7.23. The minimum Gasteiger partial charge on any atom is -0.494 e. The smallest absolute Gasteiger partial charge is 0.307 e. The summed E-state index contributed by atoms with van der Waals surface area (Å²) in [6.45, 7) is 3.46. The van der Waals surface area contributed by atoms with E-state index in [1.165, 1.54) is 7.11 Å². The number of carbonyl (C=O) groups is 2. The summed E-state index contributed by atoms with van der Waals surface area (Å²) in [5.74, 6) is -1.41. The van der Waals surface area contributed by atoms with Crippen LogP contribution in [0.15, 0.2) is 34.5 Å². The molecule has 1 fully saturated rings. The number of hydrogen-bond acceptors (Lipinski definition) is 4. The first-order valence-corrected chi connectivity index (χ1v) is 8.91. The maximum Gasteiger partial charge on any atom is 0.307 e. The molecule has 7 heteroatoms. The average molecular weight is 364 g/mol. The molecular formula is C19H25FN2O4. The van der Waals surface area contributed by atoms with E-state index in [2.05, 4.69) is 4.90 Å². The molecule has 26 heavy (non-hydrogen) atoms. The van der Waals surface area contributed by atoms with E-state index in [0.717, 1.165) is 25.9 Å². The van der Waals surface area contributed by atoms with Crippen molar-refractivity contribution in [3.63, 3.8) is 0 Å².